The summed E-state index contributed by atoms with van der Waals surface area (Å²) in [4.78, 5) is 15.0. The second-order valence-electron chi connectivity index (χ2n) is 2.76. The van der Waals surface area contributed by atoms with E-state index in [2.05, 4.69) is 4.98 Å². The Balaban J connectivity index is 2.77. The molecule has 14 heavy (non-hydrogen) atoms. The molecular formula is C9H14N2O3. The van der Waals surface area contributed by atoms with Crippen LogP contribution in [-0.2, 0) is 16.1 Å². The van der Waals surface area contributed by atoms with Crippen molar-refractivity contribution in [3.63, 3.8) is 0 Å². The minimum atomic E-state index is -1.24. The number of hydrogen-bond donors (Lipinski definition) is 1. The molecule has 1 rings (SSSR count). The van der Waals surface area contributed by atoms with Gasteiger partial charge in [-0.2, -0.15) is 0 Å². The van der Waals surface area contributed by atoms with Crippen LogP contribution in [-0.4, -0.2) is 27.2 Å². The zero-order chi connectivity index (χ0) is 10.6. The molecule has 1 aromatic rings. The molecule has 78 valence electrons. The van der Waals surface area contributed by atoms with Crippen LogP contribution >= 0.6 is 0 Å². The zero-order valence-corrected chi connectivity index (χ0v) is 8.30. The number of ether oxygens (including phenoxy) is 1. The van der Waals surface area contributed by atoms with Crippen molar-refractivity contribution in [3.8, 4) is 0 Å². The van der Waals surface area contributed by atoms with Crippen molar-refractivity contribution in [2.45, 2.75) is 26.5 Å². The summed E-state index contributed by atoms with van der Waals surface area (Å²) in [6.07, 6.45) is 1.79. The summed E-state index contributed by atoms with van der Waals surface area (Å²) in [5.74, 6) is -0.636. The molecule has 0 aliphatic carbocycles. The van der Waals surface area contributed by atoms with E-state index in [0.717, 1.165) is 0 Å². The Morgan fingerprint density at radius 1 is 1.71 bits per heavy atom. The Labute approximate surface area is 82.3 Å². The lowest BCUT2D eigenvalue weighted by atomic mass is 10.2. The molecule has 1 heterocycles. The van der Waals surface area contributed by atoms with Crippen LogP contribution in [0.5, 0.6) is 0 Å². The molecule has 0 saturated carbocycles. The van der Waals surface area contributed by atoms with E-state index in [1.807, 2.05) is 6.92 Å². The van der Waals surface area contributed by atoms with Gasteiger partial charge in [-0.25, -0.2) is 9.78 Å². The number of imidazole rings is 1. The normalized spacial score (nSPS) is 12.5. The molecule has 1 aromatic heterocycles. The van der Waals surface area contributed by atoms with E-state index in [1.165, 1.54) is 6.20 Å². The van der Waals surface area contributed by atoms with Crippen LogP contribution < -0.4 is 0 Å². The fraction of sp³-hybridized carbons (Fsp3) is 0.556. The molecule has 0 radical (unpaired) electrons. The third-order valence-electron chi connectivity index (χ3n) is 1.88. The summed E-state index contributed by atoms with van der Waals surface area (Å²) in [7, 11) is 0. The van der Waals surface area contributed by atoms with Gasteiger partial charge in [0.05, 0.1) is 24.8 Å². The molecule has 5 nitrogen and oxygen atoms in total. The van der Waals surface area contributed by atoms with Crippen LogP contribution in [0.3, 0.4) is 0 Å². The van der Waals surface area contributed by atoms with Crippen LogP contribution in [0.25, 0.3) is 0 Å². The number of rotatable bonds is 4. The Morgan fingerprint density at radius 3 is 3.00 bits per heavy atom. The molecule has 0 aliphatic heterocycles. The number of esters is 1. The van der Waals surface area contributed by atoms with Crippen LogP contribution in [0, 0.1) is 0 Å². The first kappa shape index (κ1) is 10.7. The number of carbonyl (C=O) groups excluding carboxylic acids is 1. The smallest absolute Gasteiger partial charge is 0.341 e. The van der Waals surface area contributed by atoms with Gasteiger partial charge in [0.2, 0.25) is 0 Å². The molecular weight excluding hydrogens is 184 g/mol. The molecule has 5 heteroatoms. The Hall–Kier alpha value is -1.36. The van der Waals surface area contributed by atoms with Gasteiger partial charge < -0.3 is 14.4 Å². The van der Waals surface area contributed by atoms with Crippen LogP contribution in [0.15, 0.2) is 12.5 Å². The summed E-state index contributed by atoms with van der Waals surface area (Å²) in [6.45, 7) is 4.52. The van der Waals surface area contributed by atoms with E-state index in [4.69, 9.17) is 4.74 Å². The first-order valence-corrected chi connectivity index (χ1v) is 4.55. The number of nitrogens with zero attached hydrogens (tertiary/aromatic N) is 2. The lowest BCUT2D eigenvalue weighted by Gasteiger charge is -2.10. The van der Waals surface area contributed by atoms with Crippen molar-refractivity contribution in [2.24, 2.45) is 0 Å². The second kappa shape index (κ2) is 4.76. The SMILES string of the molecule is CCOC(=O)C(O)c1cncn1CC. The molecule has 0 bridgehead atoms. The van der Waals surface area contributed by atoms with Gasteiger partial charge in [-0.15, -0.1) is 0 Å². The average Bonchev–Trinajstić information content (AvgIpc) is 2.64. The van der Waals surface area contributed by atoms with Gasteiger partial charge >= 0.3 is 5.97 Å². The van der Waals surface area contributed by atoms with Gasteiger partial charge in [0.15, 0.2) is 6.10 Å². The molecule has 0 amide bonds. The molecule has 0 saturated heterocycles. The summed E-state index contributed by atoms with van der Waals surface area (Å²) in [5, 5.41) is 9.59. The highest BCUT2D eigenvalue weighted by Gasteiger charge is 2.21. The maximum absolute atomic E-state index is 11.2. The Morgan fingerprint density at radius 2 is 2.43 bits per heavy atom. The number of aromatic nitrogens is 2. The predicted octanol–water partition coefficient (Wildman–Crippen LogP) is 0.500. The van der Waals surface area contributed by atoms with E-state index in [9.17, 15) is 9.90 Å². The monoisotopic (exact) mass is 198 g/mol. The highest BCUT2D eigenvalue weighted by atomic mass is 16.5. The molecule has 0 spiro atoms. The fourth-order valence-electron chi connectivity index (χ4n) is 1.16. The maximum Gasteiger partial charge on any atom is 0.341 e. The number of aliphatic hydroxyl groups is 1. The standard InChI is InChI=1S/C9H14N2O3/c1-3-11-6-10-5-7(11)8(12)9(13)14-4-2/h5-6,8,12H,3-4H2,1-2H3. The third kappa shape index (κ3) is 2.11. The quantitative estimate of drug-likeness (QED) is 0.715. The number of hydrogen-bond acceptors (Lipinski definition) is 4. The molecule has 1 atom stereocenters. The van der Waals surface area contributed by atoms with E-state index < -0.39 is 12.1 Å². The van der Waals surface area contributed by atoms with Crippen LogP contribution in [0.1, 0.15) is 25.6 Å². The van der Waals surface area contributed by atoms with E-state index in [0.29, 0.717) is 12.2 Å². The van der Waals surface area contributed by atoms with Gasteiger partial charge in [0.1, 0.15) is 0 Å². The van der Waals surface area contributed by atoms with E-state index in [1.54, 1.807) is 17.8 Å². The number of aliphatic hydroxyl groups excluding tert-OH is 1. The zero-order valence-electron chi connectivity index (χ0n) is 8.30. The molecule has 0 aromatic carbocycles. The highest BCUT2D eigenvalue weighted by Crippen LogP contribution is 2.13. The van der Waals surface area contributed by atoms with Gasteiger partial charge in [-0.3, -0.25) is 0 Å². The summed E-state index contributed by atoms with van der Waals surface area (Å²) in [6, 6.07) is 0. The first-order valence-electron chi connectivity index (χ1n) is 4.55. The fourth-order valence-corrected chi connectivity index (χ4v) is 1.16. The van der Waals surface area contributed by atoms with Crippen molar-refractivity contribution in [2.75, 3.05) is 6.61 Å². The number of carbonyl (C=O) groups is 1. The van der Waals surface area contributed by atoms with Crippen molar-refractivity contribution in [3.05, 3.63) is 18.2 Å². The molecule has 1 N–H and O–H groups in total. The first-order chi connectivity index (χ1) is 6.70. The Bertz CT molecular complexity index is 309. The van der Waals surface area contributed by atoms with Gasteiger partial charge in [0, 0.05) is 6.54 Å². The minimum absolute atomic E-state index is 0.260. The molecule has 0 fully saturated rings. The van der Waals surface area contributed by atoms with Crippen molar-refractivity contribution in [1.82, 2.24) is 9.55 Å². The number of aryl methyl sites for hydroxylation is 1. The topological polar surface area (TPSA) is 64.3 Å². The van der Waals surface area contributed by atoms with E-state index in [-0.39, 0.29) is 6.61 Å². The van der Waals surface area contributed by atoms with Crippen molar-refractivity contribution < 1.29 is 14.6 Å². The van der Waals surface area contributed by atoms with Crippen molar-refractivity contribution in [1.29, 1.82) is 0 Å². The average molecular weight is 198 g/mol. The second-order valence-corrected chi connectivity index (χ2v) is 2.76. The van der Waals surface area contributed by atoms with Crippen molar-refractivity contribution >= 4 is 5.97 Å². The summed E-state index contributed by atoms with van der Waals surface area (Å²) < 4.78 is 6.39. The van der Waals surface area contributed by atoms with Crippen LogP contribution in [0.2, 0.25) is 0 Å². The molecule has 1 unspecified atom stereocenters. The largest absolute Gasteiger partial charge is 0.464 e. The maximum atomic E-state index is 11.2. The minimum Gasteiger partial charge on any atom is -0.464 e. The van der Waals surface area contributed by atoms with Gasteiger partial charge in [0.25, 0.3) is 0 Å². The Kier molecular flexibility index (Phi) is 3.64. The van der Waals surface area contributed by atoms with Gasteiger partial charge in [-0.1, -0.05) is 0 Å². The summed E-state index contributed by atoms with van der Waals surface area (Å²) in [5.41, 5.74) is 0.464. The molecule has 0 aliphatic rings. The lowest BCUT2D eigenvalue weighted by Crippen LogP contribution is -2.18. The van der Waals surface area contributed by atoms with Crippen LogP contribution in [0.4, 0.5) is 0 Å². The lowest BCUT2D eigenvalue weighted by molar-refractivity contribution is -0.153. The highest BCUT2D eigenvalue weighted by molar-refractivity contribution is 5.75. The van der Waals surface area contributed by atoms with Gasteiger partial charge in [-0.05, 0) is 13.8 Å². The third-order valence-corrected chi connectivity index (χ3v) is 1.88. The summed E-state index contributed by atoms with van der Waals surface area (Å²) >= 11 is 0. The van der Waals surface area contributed by atoms with E-state index >= 15 is 0 Å². The predicted molar refractivity (Wildman–Crippen MR) is 49.5 cm³/mol.